The Morgan fingerprint density at radius 3 is 2.78 bits per heavy atom. The van der Waals surface area contributed by atoms with Crippen molar-refractivity contribution in [1.82, 2.24) is 14.8 Å². The number of nitrogens with zero attached hydrogens (tertiary/aromatic N) is 3. The Labute approximate surface area is 134 Å². The minimum absolute atomic E-state index is 0.264. The highest BCUT2D eigenvalue weighted by atomic mass is 16.1. The van der Waals surface area contributed by atoms with E-state index >= 15 is 0 Å². The third kappa shape index (κ3) is 2.01. The molecule has 1 saturated carbocycles. The van der Waals surface area contributed by atoms with Crippen molar-refractivity contribution in [3.8, 4) is 5.82 Å². The first-order valence-electron chi connectivity index (χ1n) is 8.32. The van der Waals surface area contributed by atoms with E-state index in [4.69, 9.17) is 10.1 Å². The molecule has 0 atom stereocenters. The van der Waals surface area contributed by atoms with Crippen molar-refractivity contribution in [1.29, 1.82) is 0 Å². The maximum absolute atomic E-state index is 12.4. The molecule has 0 aliphatic heterocycles. The summed E-state index contributed by atoms with van der Waals surface area (Å²) in [6.07, 6.45) is 4.79. The molecule has 0 N–H and O–H groups in total. The van der Waals surface area contributed by atoms with Gasteiger partial charge in [-0.25, -0.2) is 9.67 Å². The van der Waals surface area contributed by atoms with Crippen molar-refractivity contribution >= 4 is 16.7 Å². The fourth-order valence-electron chi connectivity index (χ4n) is 3.55. The first-order valence-corrected chi connectivity index (χ1v) is 8.32. The summed E-state index contributed by atoms with van der Waals surface area (Å²) in [4.78, 5) is 17.2. The normalized spacial score (nSPS) is 17.5. The molecular formula is C19H17N3O. The Morgan fingerprint density at radius 2 is 1.91 bits per heavy atom. The maximum atomic E-state index is 12.4. The van der Waals surface area contributed by atoms with Crippen LogP contribution in [0.5, 0.6) is 0 Å². The number of hydrogen-bond donors (Lipinski definition) is 0. The third-order valence-corrected chi connectivity index (χ3v) is 4.87. The van der Waals surface area contributed by atoms with E-state index in [1.807, 2.05) is 28.9 Å². The lowest BCUT2D eigenvalue weighted by Crippen LogP contribution is -2.14. The summed E-state index contributed by atoms with van der Waals surface area (Å²) in [6.45, 7) is 0. The summed E-state index contributed by atoms with van der Waals surface area (Å²) >= 11 is 0. The fraction of sp³-hybridized carbons (Fsp3) is 0.316. The number of ketones is 1. The van der Waals surface area contributed by atoms with Crippen molar-refractivity contribution < 1.29 is 4.79 Å². The number of para-hydroxylation sites is 1. The van der Waals surface area contributed by atoms with E-state index in [1.165, 1.54) is 0 Å². The molecule has 0 saturated heterocycles. The highest BCUT2D eigenvalue weighted by Gasteiger charge is 2.36. The molecule has 2 aliphatic carbocycles. The first-order chi connectivity index (χ1) is 11.3. The van der Waals surface area contributed by atoms with Crippen molar-refractivity contribution in [2.75, 3.05) is 0 Å². The molecule has 2 aromatic heterocycles. The van der Waals surface area contributed by atoms with Crippen molar-refractivity contribution in [3.05, 3.63) is 53.3 Å². The van der Waals surface area contributed by atoms with E-state index in [1.54, 1.807) is 0 Å². The van der Waals surface area contributed by atoms with Gasteiger partial charge in [-0.3, -0.25) is 4.79 Å². The van der Waals surface area contributed by atoms with Crippen LogP contribution in [0.1, 0.15) is 53.3 Å². The zero-order chi connectivity index (χ0) is 15.4. The molecule has 0 radical (unpaired) electrons. The van der Waals surface area contributed by atoms with Gasteiger partial charge in [-0.1, -0.05) is 18.2 Å². The van der Waals surface area contributed by atoms with Gasteiger partial charge in [-0.2, -0.15) is 5.10 Å². The third-order valence-electron chi connectivity index (χ3n) is 4.87. The highest BCUT2D eigenvalue weighted by Crippen LogP contribution is 2.43. The van der Waals surface area contributed by atoms with Crippen LogP contribution >= 0.6 is 0 Å². The number of benzene rings is 1. The van der Waals surface area contributed by atoms with Crippen LogP contribution < -0.4 is 0 Å². The predicted molar refractivity (Wildman–Crippen MR) is 88.1 cm³/mol. The molecule has 0 amide bonds. The van der Waals surface area contributed by atoms with Crippen molar-refractivity contribution in [2.24, 2.45) is 0 Å². The van der Waals surface area contributed by atoms with Crippen LogP contribution in [-0.4, -0.2) is 20.5 Å². The topological polar surface area (TPSA) is 47.8 Å². The molecule has 114 valence electrons. The number of hydrogen-bond acceptors (Lipinski definition) is 3. The minimum Gasteiger partial charge on any atom is -0.294 e. The number of fused-ring (bicyclic) bond motifs is 2. The molecule has 23 heavy (non-hydrogen) atoms. The highest BCUT2D eigenvalue weighted by molar-refractivity contribution is 5.99. The van der Waals surface area contributed by atoms with Crippen LogP contribution in [0.15, 0.2) is 36.4 Å². The van der Waals surface area contributed by atoms with Gasteiger partial charge in [-0.05, 0) is 43.9 Å². The quantitative estimate of drug-likeness (QED) is 0.723. The summed E-state index contributed by atoms with van der Waals surface area (Å²) in [5.74, 6) is 1.56. The summed E-state index contributed by atoms with van der Waals surface area (Å²) in [7, 11) is 0. The van der Waals surface area contributed by atoms with Crippen LogP contribution in [0.3, 0.4) is 0 Å². The Morgan fingerprint density at radius 1 is 1.04 bits per heavy atom. The molecule has 1 aromatic carbocycles. The van der Waals surface area contributed by atoms with E-state index in [9.17, 15) is 4.79 Å². The lowest BCUT2D eigenvalue weighted by molar-refractivity contribution is 0.0971. The zero-order valence-corrected chi connectivity index (χ0v) is 12.8. The smallest absolute Gasteiger partial charge is 0.166 e. The van der Waals surface area contributed by atoms with Crippen LogP contribution in [-0.2, 0) is 6.42 Å². The monoisotopic (exact) mass is 303 g/mol. The van der Waals surface area contributed by atoms with Gasteiger partial charge in [0.05, 0.1) is 22.5 Å². The van der Waals surface area contributed by atoms with Gasteiger partial charge in [0.1, 0.15) is 0 Å². The second kappa shape index (κ2) is 4.75. The average molecular weight is 303 g/mol. The predicted octanol–water partition coefficient (Wildman–Crippen LogP) is 3.82. The molecule has 3 aromatic rings. The SMILES string of the molecule is O=C1CCCc2c1c(C1CC1)nn2-c1ccc2ccccc2n1. The Kier molecular flexibility index (Phi) is 2.68. The van der Waals surface area contributed by atoms with E-state index < -0.39 is 0 Å². The van der Waals surface area contributed by atoms with Crippen LogP contribution in [0.25, 0.3) is 16.7 Å². The van der Waals surface area contributed by atoms with Crippen molar-refractivity contribution in [2.45, 2.75) is 38.0 Å². The summed E-state index contributed by atoms with van der Waals surface area (Å²) in [5, 5.41) is 5.94. The van der Waals surface area contributed by atoms with Gasteiger partial charge in [0.2, 0.25) is 0 Å². The number of carbonyl (C=O) groups excluding carboxylic acids is 1. The zero-order valence-electron chi connectivity index (χ0n) is 12.8. The van der Waals surface area contributed by atoms with Gasteiger partial charge >= 0.3 is 0 Å². The number of aromatic nitrogens is 3. The van der Waals surface area contributed by atoms with Gasteiger partial charge < -0.3 is 0 Å². The molecule has 1 fully saturated rings. The molecule has 2 aliphatic rings. The van der Waals surface area contributed by atoms with Gasteiger partial charge in [-0.15, -0.1) is 0 Å². The number of Topliss-reactive ketones (excluding diaryl/α,β-unsaturated/α-hetero) is 1. The first kappa shape index (κ1) is 13.0. The Bertz CT molecular complexity index is 937. The molecule has 5 rings (SSSR count). The number of carbonyl (C=O) groups is 1. The lowest BCUT2D eigenvalue weighted by Gasteiger charge is -2.13. The fourth-order valence-corrected chi connectivity index (χ4v) is 3.55. The number of pyridine rings is 1. The van der Waals surface area contributed by atoms with Crippen molar-refractivity contribution in [3.63, 3.8) is 0 Å². The summed E-state index contributed by atoms with van der Waals surface area (Å²) in [6, 6.07) is 12.2. The summed E-state index contributed by atoms with van der Waals surface area (Å²) < 4.78 is 1.92. The lowest BCUT2D eigenvalue weighted by atomic mass is 9.93. The number of rotatable bonds is 2. The second-order valence-electron chi connectivity index (χ2n) is 6.53. The second-order valence-corrected chi connectivity index (χ2v) is 6.53. The van der Waals surface area contributed by atoms with E-state index in [-0.39, 0.29) is 5.78 Å². The van der Waals surface area contributed by atoms with Crippen LogP contribution in [0.4, 0.5) is 0 Å². The molecule has 0 bridgehead atoms. The molecule has 4 nitrogen and oxygen atoms in total. The molecule has 4 heteroatoms. The average Bonchev–Trinajstić information content (AvgIpc) is 3.35. The molecular weight excluding hydrogens is 286 g/mol. The van der Waals surface area contributed by atoms with E-state index in [0.717, 1.165) is 59.4 Å². The largest absolute Gasteiger partial charge is 0.294 e. The van der Waals surface area contributed by atoms with E-state index in [2.05, 4.69) is 12.1 Å². The van der Waals surface area contributed by atoms with Crippen LogP contribution in [0, 0.1) is 0 Å². The standard InChI is InChI=1S/C19H17N3O/c23-16-7-3-6-15-18(16)19(13-8-9-13)21-22(15)17-11-10-12-4-1-2-5-14(12)20-17/h1-2,4-5,10-11,13H,3,6-9H2. The molecule has 0 unspecified atom stereocenters. The Balaban J connectivity index is 1.72. The summed E-state index contributed by atoms with van der Waals surface area (Å²) in [5.41, 5.74) is 3.93. The Hall–Kier alpha value is -2.49. The van der Waals surface area contributed by atoms with Crippen LogP contribution in [0.2, 0.25) is 0 Å². The van der Waals surface area contributed by atoms with Gasteiger partial charge in [0.15, 0.2) is 11.6 Å². The maximum Gasteiger partial charge on any atom is 0.166 e. The molecule has 0 spiro atoms. The minimum atomic E-state index is 0.264. The van der Waals surface area contributed by atoms with E-state index in [0.29, 0.717) is 12.3 Å². The van der Waals surface area contributed by atoms with Gasteiger partial charge in [0.25, 0.3) is 0 Å². The van der Waals surface area contributed by atoms with Gasteiger partial charge in [0, 0.05) is 17.7 Å². The molecule has 2 heterocycles.